The highest BCUT2D eigenvalue weighted by molar-refractivity contribution is 6.07. The second kappa shape index (κ2) is 7.24. The molecule has 0 saturated carbocycles. The Balaban J connectivity index is 1.46. The summed E-state index contributed by atoms with van der Waals surface area (Å²) >= 11 is 0. The van der Waals surface area contributed by atoms with E-state index in [2.05, 4.69) is 77.4 Å². The number of fused-ring (bicyclic) bond motifs is 3. The molecular weight excluding hydrogens is 342 g/mol. The SMILES string of the molecule is [c]1ccc2c3ccccc3n(Cc3cccc(OCc4ccccc4)c3)c2c1. The lowest BCUT2D eigenvalue weighted by molar-refractivity contribution is 0.306. The molecule has 0 saturated heterocycles. The van der Waals surface area contributed by atoms with Gasteiger partial charge in [0, 0.05) is 22.8 Å². The van der Waals surface area contributed by atoms with Gasteiger partial charge in [-0.3, -0.25) is 0 Å². The van der Waals surface area contributed by atoms with E-state index in [9.17, 15) is 0 Å². The first-order chi connectivity index (χ1) is 13.9. The average Bonchev–Trinajstić information content (AvgIpc) is 3.07. The van der Waals surface area contributed by atoms with E-state index >= 15 is 0 Å². The minimum atomic E-state index is 0.578. The summed E-state index contributed by atoms with van der Waals surface area (Å²) in [6.45, 7) is 1.37. The van der Waals surface area contributed by atoms with Gasteiger partial charge < -0.3 is 9.30 Å². The quantitative estimate of drug-likeness (QED) is 0.362. The van der Waals surface area contributed by atoms with E-state index in [1.54, 1.807) is 0 Å². The van der Waals surface area contributed by atoms with Crippen molar-refractivity contribution in [1.82, 2.24) is 4.57 Å². The molecule has 2 heteroatoms. The van der Waals surface area contributed by atoms with E-state index in [-0.39, 0.29) is 0 Å². The summed E-state index contributed by atoms with van der Waals surface area (Å²) in [5, 5.41) is 2.55. The van der Waals surface area contributed by atoms with Gasteiger partial charge in [0.05, 0.1) is 5.52 Å². The Morgan fingerprint density at radius 2 is 1.50 bits per heavy atom. The lowest BCUT2D eigenvalue weighted by Gasteiger charge is -2.11. The van der Waals surface area contributed by atoms with E-state index in [0.29, 0.717) is 6.61 Å². The lowest BCUT2D eigenvalue weighted by Crippen LogP contribution is -2.00. The number of aromatic nitrogens is 1. The smallest absolute Gasteiger partial charge is 0.120 e. The van der Waals surface area contributed by atoms with Gasteiger partial charge in [0.1, 0.15) is 12.4 Å². The average molecular weight is 362 g/mol. The highest BCUT2D eigenvalue weighted by atomic mass is 16.5. The summed E-state index contributed by atoms with van der Waals surface area (Å²) < 4.78 is 8.37. The maximum absolute atomic E-state index is 6.01. The van der Waals surface area contributed by atoms with Crippen LogP contribution in [-0.4, -0.2) is 4.57 Å². The molecule has 0 bridgehead atoms. The third-order valence-corrected chi connectivity index (χ3v) is 5.11. The van der Waals surface area contributed by atoms with Gasteiger partial charge in [0.15, 0.2) is 0 Å². The molecule has 0 fully saturated rings. The molecule has 135 valence electrons. The summed E-state index contributed by atoms with van der Waals surface area (Å²) in [5.41, 5.74) is 4.84. The third-order valence-electron chi connectivity index (χ3n) is 5.11. The van der Waals surface area contributed by atoms with Crippen LogP contribution in [0.4, 0.5) is 0 Å². The fraction of sp³-hybridized carbons (Fsp3) is 0.0769. The van der Waals surface area contributed by atoms with E-state index < -0.39 is 0 Å². The third kappa shape index (κ3) is 3.14. The molecule has 2 nitrogen and oxygen atoms in total. The maximum atomic E-state index is 6.01. The molecule has 0 N–H and O–H groups in total. The fourth-order valence-electron chi connectivity index (χ4n) is 3.77. The van der Waals surface area contributed by atoms with Gasteiger partial charge in [0.25, 0.3) is 0 Å². The second-order valence-corrected chi connectivity index (χ2v) is 6.97. The fourth-order valence-corrected chi connectivity index (χ4v) is 3.77. The van der Waals surface area contributed by atoms with Crippen molar-refractivity contribution in [3.05, 3.63) is 114 Å². The van der Waals surface area contributed by atoms with Crippen molar-refractivity contribution in [2.75, 3.05) is 0 Å². The first-order valence-corrected chi connectivity index (χ1v) is 9.51. The van der Waals surface area contributed by atoms with Crippen LogP contribution in [0.3, 0.4) is 0 Å². The molecule has 28 heavy (non-hydrogen) atoms. The van der Waals surface area contributed by atoms with E-state index in [4.69, 9.17) is 4.74 Å². The van der Waals surface area contributed by atoms with Crippen molar-refractivity contribution in [2.45, 2.75) is 13.2 Å². The summed E-state index contributed by atoms with van der Waals surface area (Å²) in [6, 6.07) is 36.6. The van der Waals surface area contributed by atoms with Crippen LogP contribution in [0.15, 0.2) is 97.1 Å². The van der Waals surface area contributed by atoms with Crippen LogP contribution >= 0.6 is 0 Å². The van der Waals surface area contributed by atoms with Gasteiger partial charge in [-0.05, 0) is 41.5 Å². The van der Waals surface area contributed by atoms with Crippen molar-refractivity contribution in [2.24, 2.45) is 0 Å². The van der Waals surface area contributed by atoms with E-state index in [0.717, 1.165) is 12.3 Å². The number of ether oxygens (including phenoxy) is 1. The zero-order chi connectivity index (χ0) is 18.8. The van der Waals surface area contributed by atoms with E-state index in [1.165, 1.54) is 32.9 Å². The molecule has 0 atom stereocenters. The van der Waals surface area contributed by atoms with Crippen LogP contribution in [0.5, 0.6) is 5.75 Å². The second-order valence-electron chi connectivity index (χ2n) is 6.97. The van der Waals surface area contributed by atoms with Gasteiger partial charge >= 0.3 is 0 Å². The van der Waals surface area contributed by atoms with Crippen LogP contribution in [0.25, 0.3) is 21.8 Å². The Kier molecular flexibility index (Phi) is 4.30. The number of para-hydroxylation sites is 1. The first kappa shape index (κ1) is 16.6. The lowest BCUT2D eigenvalue weighted by atomic mass is 10.2. The molecule has 5 rings (SSSR count). The van der Waals surface area contributed by atoms with Crippen molar-refractivity contribution in [3.63, 3.8) is 0 Å². The van der Waals surface area contributed by atoms with Crippen LogP contribution in [-0.2, 0) is 13.2 Å². The molecular formula is C26H20NO. The van der Waals surface area contributed by atoms with Gasteiger partial charge in [-0.2, -0.15) is 0 Å². The van der Waals surface area contributed by atoms with Crippen molar-refractivity contribution in [1.29, 1.82) is 0 Å². The van der Waals surface area contributed by atoms with E-state index in [1.807, 2.05) is 30.3 Å². The van der Waals surface area contributed by atoms with Gasteiger partial charge in [-0.25, -0.2) is 0 Å². The zero-order valence-electron chi connectivity index (χ0n) is 15.5. The maximum Gasteiger partial charge on any atom is 0.120 e. The number of nitrogens with zero attached hydrogens (tertiary/aromatic N) is 1. The summed E-state index contributed by atoms with van der Waals surface area (Å²) in [7, 11) is 0. The number of hydrogen-bond donors (Lipinski definition) is 0. The van der Waals surface area contributed by atoms with Gasteiger partial charge in [-0.15, -0.1) is 0 Å². The molecule has 0 aliphatic rings. The molecule has 0 aliphatic heterocycles. The molecule has 1 heterocycles. The van der Waals surface area contributed by atoms with Crippen LogP contribution in [0.2, 0.25) is 0 Å². The number of benzene rings is 4. The molecule has 4 aromatic carbocycles. The normalized spacial score (nSPS) is 11.1. The largest absolute Gasteiger partial charge is 0.489 e. The monoisotopic (exact) mass is 362 g/mol. The molecule has 5 aromatic rings. The van der Waals surface area contributed by atoms with Crippen LogP contribution in [0.1, 0.15) is 11.1 Å². The standard InChI is InChI=1S/C26H20NO/c1-2-9-20(10-3-1)19-28-22-12-8-11-21(17-22)18-27-25-15-6-4-13-23(25)24-14-5-7-16-26(24)27/h1-6,8-17H,18-19H2. The zero-order valence-corrected chi connectivity index (χ0v) is 15.5. The topological polar surface area (TPSA) is 14.2 Å². The molecule has 0 unspecified atom stereocenters. The Labute approximate surface area is 164 Å². The predicted molar refractivity (Wildman–Crippen MR) is 115 cm³/mol. The summed E-state index contributed by atoms with van der Waals surface area (Å²) in [4.78, 5) is 0. The van der Waals surface area contributed by atoms with Crippen LogP contribution in [0, 0.1) is 6.07 Å². The highest BCUT2D eigenvalue weighted by Crippen LogP contribution is 2.29. The Morgan fingerprint density at radius 3 is 2.43 bits per heavy atom. The molecule has 1 radical (unpaired) electrons. The van der Waals surface area contributed by atoms with Gasteiger partial charge in [0.2, 0.25) is 0 Å². The Morgan fingerprint density at radius 1 is 0.714 bits per heavy atom. The summed E-state index contributed by atoms with van der Waals surface area (Å²) in [6.07, 6.45) is 0. The van der Waals surface area contributed by atoms with Crippen molar-refractivity contribution >= 4 is 21.8 Å². The van der Waals surface area contributed by atoms with Crippen molar-refractivity contribution < 1.29 is 4.74 Å². The minimum Gasteiger partial charge on any atom is -0.489 e. The number of rotatable bonds is 5. The highest BCUT2D eigenvalue weighted by Gasteiger charge is 2.10. The van der Waals surface area contributed by atoms with Crippen LogP contribution < -0.4 is 4.74 Å². The predicted octanol–water partition coefficient (Wildman–Crippen LogP) is 6.22. The molecule has 0 aliphatic carbocycles. The molecule has 0 spiro atoms. The Bertz CT molecular complexity index is 1180. The number of hydrogen-bond acceptors (Lipinski definition) is 1. The minimum absolute atomic E-state index is 0.578. The van der Waals surface area contributed by atoms with Gasteiger partial charge in [-0.1, -0.05) is 72.8 Å². The first-order valence-electron chi connectivity index (χ1n) is 9.51. The Hall–Kier alpha value is -3.52. The van der Waals surface area contributed by atoms with Crippen molar-refractivity contribution in [3.8, 4) is 5.75 Å². The molecule has 0 amide bonds. The molecule has 1 aromatic heterocycles. The summed E-state index contributed by atoms with van der Waals surface area (Å²) in [5.74, 6) is 0.897.